The highest BCUT2D eigenvalue weighted by Gasteiger charge is 2.34. The molecule has 0 saturated carbocycles. The SMILES string of the molecule is COc1ccc([C@H]2/C=C\CN(C(=O)c3ccccc3)[C@@H](C)C(=O)N2Cc2ccc(F)cc2)cc1. The van der Waals surface area contributed by atoms with Gasteiger partial charge in [-0.05, 0) is 54.4 Å². The zero-order valence-corrected chi connectivity index (χ0v) is 19.2. The largest absolute Gasteiger partial charge is 0.497 e. The van der Waals surface area contributed by atoms with E-state index in [1.54, 1.807) is 60.2 Å². The van der Waals surface area contributed by atoms with Crippen molar-refractivity contribution in [3.05, 3.63) is 114 Å². The van der Waals surface area contributed by atoms with Gasteiger partial charge >= 0.3 is 0 Å². The molecule has 2 amide bonds. The minimum Gasteiger partial charge on any atom is -0.497 e. The number of rotatable bonds is 5. The minimum absolute atomic E-state index is 0.182. The molecule has 1 aliphatic heterocycles. The van der Waals surface area contributed by atoms with Crippen molar-refractivity contribution in [2.75, 3.05) is 13.7 Å². The highest BCUT2D eigenvalue weighted by molar-refractivity contribution is 5.97. The van der Waals surface area contributed by atoms with Gasteiger partial charge in [0.05, 0.1) is 13.2 Å². The zero-order chi connectivity index (χ0) is 24.1. The quantitative estimate of drug-likeness (QED) is 0.506. The first-order valence-corrected chi connectivity index (χ1v) is 11.2. The van der Waals surface area contributed by atoms with Crippen LogP contribution in [-0.4, -0.2) is 41.3 Å². The fraction of sp³-hybridized carbons (Fsp3) is 0.214. The third kappa shape index (κ3) is 5.01. The number of amides is 2. The van der Waals surface area contributed by atoms with E-state index in [1.807, 2.05) is 42.5 Å². The van der Waals surface area contributed by atoms with E-state index in [0.29, 0.717) is 12.1 Å². The Morgan fingerprint density at radius 2 is 1.68 bits per heavy atom. The maximum Gasteiger partial charge on any atom is 0.254 e. The van der Waals surface area contributed by atoms with Gasteiger partial charge in [0.1, 0.15) is 17.6 Å². The van der Waals surface area contributed by atoms with Gasteiger partial charge in [-0.1, -0.05) is 54.6 Å². The van der Waals surface area contributed by atoms with Crippen LogP contribution in [0.4, 0.5) is 4.39 Å². The Balaban J connectivity index is 1.71. The van der Waals surface area contributed by atoms with Crippen molar-refractivity contribution in [3.8, 4) is 5.75 Å². The van der Waals surface area contributed by atoms with Gasteiger partial charge in [0, 0.05) is 18.7 Å². The van der Waals surface area contributed by atoms with E-state index in [-0.39, 0.29) is 30.2 Å². The summed E-state index contributed by atoms with van der Waals surface area (Å²) in [5.74, 6) is 0.0137. The van der Waals surface area contributed by atoms with Crippen LogP contribution in [0.25, 0.3) is 0 Å². The second kappa shape index (κ2) is 10.3. The average molecular weight is 459 g/mol. The van der Waals surface area contributed by atoms with Gasteiger partial charge in [0.2, 0.25) is 5.91 Å². The number of methoxy groups -OCH3 is 1. The third-order valence-electron chi connectivity index (χ3n) is 6.07. The molecular formula is C28H27FN2O3. The van der Waals surface area contributed by atoms with Gasteiger partial charge < -0.3 is 14.5 Å². The maximum atomic E-state index is 13.8. The molecule has 174 valence electrons. The molecule has 4 rings (SSSR count). The lowest BCUT2D eigenvalue weighted by Crippen LogP contribution is -2.51. The molecule has 3 aromatic carbocycles. The lowest BCUT2D eigenvalue weighted by atomic mass is 10.00. The number of halogens is 1. The molecule has 0 N–H and O–H groups in total. The number of ether oxygens (including phenoxy) is 1. The normalized spacial score (nSPS) is 19.3. The Kier molecular flexibility index (Phi) is 7.07. The molecule has 0 radical (unpaired) electrons. The van der Waals surface area contributed by atoms with E-state index in [9.17, 15) is 14.0 Å². The minimum atomic E-state index is -0.682. The number of hydrogen-bond acceptors (Lipinski definition) is 3. The van der Waals surface area contributed by atoms with Crippen molar-refractivity contribution in [3.63, 3.8) is 0 Å². The first-order chi connectivity index (χ1) is 16.5. The number of nitrogens with zero attached hydrogens (tertiary/aromatic N) is 2. The van der Waals surface area contributed by atoms with Gasteiger partial charge in [0.15, 0.2) is 0 Å². The van der Waals surface area contributed by atoms with E-state index < -0.39 is 6.04 Å². The summed E-state index contributed by atoms with van der Waals surface area (Å²) < 4.78 is 18.8. The van der Waals surface area contributed by atoms with Gasteiger partial charge in [-0.25, -0.2) is 4.39 Å². The van der Waals surface area contributed by atoms with Crippen LogP contribution in [0, 0.1) is 5.82 Å². The molecule has 1 aliphatic rings. The standard InChI is InChI=1S/C28H27FN2O3/c1-20-27(32)31(19-21-10-14-24(29)15-11-21)26(22-12-16-25(34-2)17-13-22)9-6-18-30(20)28(33)23-7-4-3-5-8-23/h3-17,20,26H,18-19H2,1-2H3/b9-6-/t20-,26+/m0/s1. The smallest absolute Gasteiger partial charge is 0.254 e. The van der Waals surface area contributed by atoms with E-state index in [4.69, 9.17) is 4.74 Å². The number of carbonyl (C=O) groups excluding carboxylic acids is 2. The summed E-state index contributed by atoms with van der Waals surface area (Å²) in [4.78, 5) is 30.3. The fourth-order valence-electron chi connectivity index (χ4n) is 4.14. The summed E-state index contributed by atoms with van der Waals surface area (Å²) >= 11 is 0. The molecule has 34 heavy (non-hydrogen) atoms. The van der Waals surface area contributed by atoms with Crippen LogP contribution in [0.5, 0.6) is 5.75 Å². The summed E-state index contributed by atoms with van der Waals surface area (Å²) in [7, 11) is 1.61. The van der Waals surface area contributed by atoms with Crippen LogP contribution < -0.4 is 4.74 Å². The number of hydrogen-bond donors (Lipinski definition) is 0. The Labute approximate surface area is 199 Å². The molecule has 0 unspecified atom stereocenters. The van der Waals surface area contributed by atoms with Crippen molar-refractivity contribution in [2.24, 2.45) is 0 Å². The van der Waals surface area contributed by atoms with Crippen LogP contribution in [0.1, 0.15) is 34.5 Å². The molecule has 0 aromatic heterocycles. The predicted molar refractivity (Wildman–Crippen MR) is 129 cm³/mol. The second-order valence-corrected chi connectivity index (χ2v) is 8.24. The maximum absolute atomic E-state index is 13.8. The fourth-order valence-corrected chi connectivity index (χ4v) is 4.14. The molecule has 2 atom stereocenters. The topological polar surface area (TPSA) is 49.9 Å². The molecule has 0 spiro atoms. The highest BCUT2D eigenvalue weighted by atomic mass is 19.1. The predicted octanol–water partition coefficient (Wildman–Crippen LogP) is 5.00. The van der Waals surface area contributed by atoms with Crippen molar-refractivity contribution < 1.29 is 18.7 Å². The lowest BCUT2D eigenvalue weighted by molar-refractivity contribution is -0.138. The van der Waals surface area contributed by atoms with Gasteiger partial charge in [-0.2, -0.15) is 0 Å². The van der Waals surface area contributed by atoms with Crippen LogP contribution in [0.15, 0.2) is 91.0 Å². The van der Waals surface area contributed by atoms with E-state index in [2.05, 4.69) is 0 Å². The first kappa shape index (κ1) is 23.2. The van der Waals surface area contributed by atoms with E-state index >= 15 is 0 Å². The third-order valence-corrected chi connectivity index (χ3v) is 6.07. The first-order valence-electron chi connectivity index (χ1n) is 11.2. The molecule has 1 heterocycles. The van der Waals surface area contributed by atoms with E-state index in [1.165, 1.54) is 12.1 Å². The highest BCUT2D eigenvalue weighted by Crippen LogP contribution is 2.29. The Hall–Kier alpha value is -3.93. The summed E-state index contributed by atoms with van der Waals surface area (Å²) in [5.41, 5.74) is 2.26. The van der Waals surface area contributed by atoms with Crippen molar-refractivity contribution >= 4 is 11.8 Å². The summed E-state index contributed by atoms with van der Waals surface area (Å²) in [6.07, 6.45) is 3.87. The van der Waals surface area contributed by atoms with Gasteiger partial charge in [0.25, 0.3) is 5.91 Å². The number of carbonyl (C=O) groups is 2. The Morgan fingerprint density at radius 1 is 1.00 bits per heavy atom. The molecule has 3 aromatic rings. The zero-order valence-electron chi connectivity index (χ0n) is 19.2. The van der Waals surface area contributed by atoms with Crippen molar-refractivity contribution in [1.82, 2.24) is 9.80 Å². The summed E-state index contributed by atoms with van der Waals surface area (Å²) in [6, 6.07) is 21.6. The molecule has 5 nitrogen and oxygen atoms in total. The lowest BCUT2D eigenvalue weighted by Gasteiger charge is -2.38. The molecule has 6 heteroatoms. The summed E-state index contributed by atoms with van der Waals surface area (Å²) in [6.45, 7) is 2.35. The van der Waals surface area contributed by atoms with Crippen molar-refractivity contribution in [2.45, 2.75) is 25.6 Å². The molecule has 0 saturated heterocycles. The molecule has 0 fully saturated rings. The molecule has 0 aliphatic carbocycles. The van der Waals surface area contributed by atoms with Crippen LogP contribution in [0.3, 0.4) is 0 Å². The summed E-state index contributed by atoms with van der Waals surface area (Å²) in [5, 5.41) is 0. The van der Waals surface area contributed by atoms with Gasteiger partial charge in [-0.3, -0.25) is 9.59 Å². The van der Waals surface area contributed by atoms with Gasteiger partial charge in [-0.15, -0.1) is 0 Å². The number of benzene rings is 3. The monoisotopic (exact) mass is 458 g/mol. The van der Waals surface area contributed by atoms with Crippen LogP contribution >= 0.6 is 0 Å². The van der Waals surface area contributed by atoms with Crippen molar-refractivity contribution in [1.29, 1.82) is 0 Å². The molecular weight excluding hydrogens is 431 g/mol. The molecule has 0 bridgehead atoms. The average Bonchev–Trinajstić information content (AvgIpc) is 2.88. The Bertz CT molecular complexity index is 1160. The Morgan fingerprint density at radius 3 is 2.32 bits per heavy atom. The second-order valence-electron chi connectivity index (χ2n) is 8.24. The van der Waals surface area contributed by atoms with Crippen LogP contribution in [0.2, 0.25) is 0 Å². The van der Waals surface area contributed by atoms with E-state index in [0.717, 1.165) is 16.9 Å². The van der Waals surface area contributed by atoms with Crippen LogP contribution in [-0.2, 0) is 11.3 Å².